The summed E-state index contributed by atoms with van der Waals surface area (Å²) in [5.41, 5.74) is 1.75. The molecule has 8 nitrogen and oxygen atoms in total. The zero-order valence-corrected chi connectivity index (χ0v) is 24.6. The molecule has 0 radical (unpaired) electrons. The van der Waals surface area contributed by atoms with E-state index in [1.807, 2.05) is 74.5 Å². The molecule has 4 aliphatic carbocycles. The Balaban J connectivity index is 1.39. The molecule has 2 saturated carbocycles. The number of carbonyl (C=O) groups excluding carboxylic acids is 2. The maximum absolute atomic E-state index is 13.9. The first-order chi connectivity index (χ1) is 21.2. The molecule has 4 aliphatic rings. The molecule has 2 N–H and O–H groups in total. The molecule has 0 spiro atoms. The highest BCUT2D eigenvalue weighted by molar-refractivity contribution is 6.15. The maximum Gasteiger partial charge on any atom is 0.315 e. The molecule has 0 saturated heterocycles. The van der Waals surface area contributed by atoms with Gasteiger partial charge in [0.05, 0.1) is 23.7 Å². The average Bonchev–Trinajstić information content (AvgIpc) is 3.83. The van der Waals surface area contributed by atoms with E-state index in [0.29, 0.717) is 58.7 Å². The predicted octanol–water partition coefficient (Wildman–Crippen LogP) is 5.97. The summed E-state index contributed by atoms with van der Waals surface area (Å²) in [7, 11) is 0. The lowest BCUT2D eigenvalue weighted by Gasteiger charge is -2.26. The monoisotopic (exact) mass is 594 g/mol. The summed E-state index contributed by atoms with van der Waals surface area (Å²) in [6.45, 7) is 3.97. The van der Waals surface area contributed by atoms with Gasteiger partial charge in [0.25, 0.3) is 0 Å². The van der Waals surface area contributed by atoms with Crippen molar-refractivity contribution in [2.75, 3.05) is 0 Å². The lowest BCUT2D eigenvalue weighted by Crippen LogP contribution is -2.36. The first-order valence-corrected chi connectivity index (χ1v) is 15.5. The van der Waals surface area contributed by atoms with Crippen LogP contribution in [-0.4, -0.2) is 34.1 Å². The molecular formula is C36H34O8. The van der Waals surface area contributed by atoms with E-state index in [2.05, 4.69) is 0 Å². The Morgan fingerprint density at radius 1 is 0.614 bits per heavy atom. The minimum absolute atomic E-state index is 0.193. The Morgan fingerprint density at radius 2 is 0.977 bits per heavy atom. The summed E-state index contributed by atoms with van der Waals surface area (Å²) in [5.74, 6) is -6.56. The smallest absolute Gasteiger partial charge is 0.315 e. The minimum atomic E-state index is -1.00. The Kier molecular flexibility index (Phi) is 6.83. The van der Waals surface area contributed by atoms with E-state index in [9.17, 15) is 29.4 Å². The van der Waals surface area contributed by atoms with E-state index in [1.165, 1.54) is 0 Å². The first-order valence-electron chi connectivity index (χ1n) is 15.5. The van der Waals surface area contributed by atoms with Crippen LogP contribution in [0, 0.1) is 47.3 Å². The van der Waals surface area contributed by atoms with Crippen molar-refractivity contribution in [3.63, 3.8) is 0 Å². The molecule has 8 atom stereocenters. The zero-order chi connectivity index (χ0) is 30.9. The second-order valence-corrected chi connectivity index (χ2v) is 12.6. The third-order valence-electron chi connectivity index (χ3n) is 10.4. The molecular weight excluding hydrogens is 560 g/mol. The number of hydrogen-bond donors (Lipinski definition) is 2. The number of carboxylic acids is 2. The van der Waals surface area contributed by atoms with Crippen LogP contribution in [-0.2, 0) is 32.0 Å². The predicted molar refractivity (Wildman–Crippen MR) is 162 cm³/mol. The molecule has 226 valence electrons. The van der Waals surface area contributed by atoms with Crippen molar-refractivity contribution >= 4 is 45.4 Å². The largest absolute Gasteiger partial charge is 0.481 e. The fourth-order valence-corrected chi connectivity index (χ4v) is 8.48. The number of carboxylic acid groups (broad SMARTS) is 2. The molecule has 0 aliphatic heterocycles. The summed E-state index contributed by atoms with van der Waals surface area (Å²) in [5, 5.41) is 22.4. The number of carbonyl (C=O) groups is 4. The number of aryl methyl sites for hydroxylation is 2. The number of aliphatic carboxylic acids is 2. The zero-order valence-electron chi connectivity index (χ0n) is 24.6. The fourth-order valence-electron chi connectivity index (χ4n) is 8.48. The van der Waals surface area contributed by atoms with E-state index in [-0.39, 0.29) is 23.7 Å². The lowest BCUT2D eigenvalue weighted by molar-refractivity contribution is -0.152. The Bertz CT molecular complexity index is 1670. The van der Waals surface area contributed by atoms with Crippen molar-refractivity contribution in [2.45, 2.75) is 39.5 Å². The molecule has 0 aromatic heterocycles. The van der Waals surface area contributed by atoms with Gasteiger partial charge in [-0.1, -0.05) is 74.5 Å². The second-order valence-electron chi connectivity index (χ2n) is 12.6. The quantitative estimate of drug-likeness (QED) is 0.141. The molecule has 44 heavy (non-hydrogen) atoms. The number of hydrogen-bond acceptors (Lipinski definition) is 6. The summed E-state index contributed by atoms with van der Waals surface area (Å²) >= 11 is 0. The molecule has 0 heterocycles. The molecule has 3 aromatic rings. The summed E-state index contributed by atoms with van der Waals surface area (Å²) in [6.07, 6.45) is 10.1. The van der Waals surface area contributed by atoms with Gasteiger partial charge in [0.2, 0.25) is 0 Å². The van der Waals surface area contributed by atoms with Crippen LogP contribution in [0.4, 0.5) is 0 Å². The summed E-state index contributed by atoms with van der Waals surface area (Å²) in [4.78, 5) is 52.2. The third-order valence-corrected chi connectivity index (χ3v) is 10.4. The highest BCUT2D eigenvalue weighted by atomic mass is 16.5. The Labute approximate surface area is 254 Å². The van der Waals surface area contributed by atoms with Crippen LogP contribution in [0.1, 0.15) is 37.8 Å². The van der Waals surface area contributed by atoms with Gasteiger partial charge in [-0.15, -0.1) is 0 Å². The molecule has 8 unspecified atom stereocenters. The van der Waals surface area contributed by atoms with Gasteiger partial charge in [0.15, 0.2) is 0 Å². The van der Waals surface area contributed by atoms with Crippen molar-refractivity contribution in [3.05, 3.63) is 71.8 Å². The van der Waals surface area contributed by atoms with Gasteiger partial charge in [0, 0.05) is 21.5 Å². The summed E-state index contributed by atoms with van der Waals surface area (Å²) in [6, 6.07) is 11.3. The average molecular weight is 595 g/mol. The van der Waals surface area contributed by atoms with Crippen molar-refractivity contribution in [1.82, 2.24) is 0 Å². The van der Waals surface area contributed by atoms with Gasteiger partial charge in [-0.05, 0) is 60.5 Å². The van der Waals surface area contributed by atoms with E-state index >= 15 is 0 Å². The van der Waals surface area contributed by atoms with Gasteiger partial charge in [-0.2, -0.15) is 0 Å². The standard InChI is InChI=1S/C36H34O8/c1-3-17-7-5-9-23-25(17)31(43-35(41)29-21-13-11-19(15-21)27(29)33(37)38)24-10-6-8-18(4-2)26(24)32(23)44-36(42)30-22-14-12-20(16-22)28(30)34(39)40/h5-14,19-22,27-30H,3-4,15-16H2,1-2H3,(H,37,38)(H,39,40). The third kappa shape index (κ3) is 4.18. The van der Waals surface area contributed by atoms with Gasteiger partial charge < -0.3 is 19.7 Å². The Morgan fingerprint density at radius 3 is 1.32 bits per heavy atom. The number of allylic oxidation sites excluding steroid dienone is 4. The van der Waals surface area contributed by atoms with Crippen molar-refractivity contribution in [2.24, 2.45) is 47.3 Å². The number of benzene rings is 3. The van der Waals surface area contributed by atoms with Crippen molar-refractivity contribution < 1.29 is 38.9 Å². The minimum Gasteiger partial charge on any atom is -0.481 e. The first kappa shape index (κ1) is 28.3. The highest BCUT2D eigenvalue weighted by Gasteiger charge is 2.54. The number of ether oxygens (including phenoxy) is 2. The van der Waals surface area contributed by atoms with Crippen LogP contribution < -0.4 is 9.47 Å². The molecule has 7 rings (SSSR count). The van der Waals surface area contributed by atoms with E-state index in [1.54, 1.807) is 0 Å². The van der Waals surface area contributed by atoms with Gasteiger partial charge >= 0.3 is 23.9 Å². The van der Waals surface area contributed by atoms with Gasteiger partial charge in [-0.25, -0.2) is 0 Å². The molecule has 8 heteroatoms. The number of fused-ring (bicyclic) bond motifs is 6. The van der Waals surface area contributed by atoms with Gasteiger partial charge in [-0.3, -0.25) is 19.2 Å². The molecule has 4 bridgehead atoms. The van der Waals surface area contributed by atoms with Crippen LogP contribution in [0.25, 0.3) is 21.5 Å². The van der Waals surface area contributed by atoms with E-state index in [4.69, 9.17) is 9.47 Å². The molecule has 2 fully saturated rings. The van der Waals surface area contributed by atoms with E-state index < -0.39 is 47.5 Å². The SMILES string of the molecule is CCc1cccc2c(OC(=O)C3C4C=CC(C4)C3C(=O)O)c3c(CC)cccc3c(OC(=O)C3C4C=CC(C4)C3C(=O)O)c12. The fraction of sp³-hybridized carbons (Fsp3) is 0.389. The van der Waals surface area contributed by atoms with Crippen molar-refractivity contribution in [3.8, 4) is 11.5 Å². The molecule has 3 aromatic carbocycles. The van der Waals surface area contributed by atoms with Crippen LogP contribution in [0.5, 0.6) is 11.5 Å². The molecule has 0 amide bonds. The second kappa shape index (κ2) is 10.6. The topological polar surface area (TPSA) is 127 Å². The van der Waals surface area contributed by atoms with E-state index in [0.717, 1.165) is 11.1 Å². The summed E-state index contributed by atoms with van der Waals surface area (Å²) < 4.78 is 12.6. The Hall–Kier alpha value is -4.46. The van der Waals surface area contributed by atoms with Crippen LogP contribution in [0.2, 0.25) is 0 Å². The van der Waals surface area contributed by atoms with Gasteiger partial charge in [0.1, 0.15) is 11.5 Å². The van der Waals surface area contributed by atoms with Crippen molar-refractivity contribution in [1.29, 1.82) is 0 Å². The number of esters is 2. The normalized spacial score (nSPS) is 29.5. The number of rotatable bonds is 8. The van der Waals surface area contributed by atoms with Crippen LogP contribution in [0.3, 0.4) is 0 Å². The highest BCUT2D eigenvalue weighted by Crippen LogP contribution is 2.52. The lowest BCUT2D eigenvalue weighted by atomic mass is 9.83. The van der Waals surface area contributed by atoms with Crippen LogP contribution in [0.15, 0.2) is 60.7 Å². The van der Waals surface area contributed by atoms with Crippen LogP contribution >= 0.6 is 0 Å². The maximum atomic E-state index is 13.9.